The Morgan fingerprint density at radius 2 is 2.00 bits per heavy atom. The average Bonchev–Trinajstić information content (AvgIpc) is 2.70. The van der Waals surface area contributed by atoms with Gasteiger partial charge in [-0.05, 0) is 74.3 Å². The lowest BCUT2D eigenvalue weighted by molar-refractivity contribution is 0.0992. The number of hydrogen-bond donors (Lipinski definition) is 0. The molecule has 1 aromatic heterocycles. The molecule has 2 aromatic rings. The molecule has 4 heteroatoms. The largest absolute Gasteiger partial charge is 0.306 e. The van der Waals surface area contributed by atoms with Gasteiger partial charge in [0, 0.05) is 29.1 Å². The van der Waals surface area contributed by atoms with Crippen molar-refractivity contribution >= 4 is 17.4 Å². The minimum atomic E-state index is 0.150. The minimum Gasteiger partial charge on any atom is -0.306 e. The number of carbonyl (C=O) groups is 1. The summed E-state index contributed by atoms with van der Waals surface area (Å²) in [5.41, 5.74) is 4.04. The molecule has 1 unspecified atom stereocenters. The maximum absolute atomic E-state index is 12.8. The highest BCUT2D eigenvalue weighted by atomic mass is 35.5. The Labute approximate surface area is 147 Å². The first kappa shape index (κ1) is 15.8. The molecule has 4 rings (SSSR count). The fraction of sp³-hybridized carbons (Fsp3) is 0.400. The third kappa shape index (κ3) is 2.76. The number of halogens is 1. The van der Waals surface area contributed by atoms with Crippen LogP contribution in [0.2, 0.25) is 5.02 Å². The molecule has 1 saturated heterocycles. The molecule has 1 aliphatic carbocycles. The number of nitrogens with zero attached hydrogens (tertiary/aromatic N) is 2. The van der Waals surface area contributed by atoms with E-state index in [-0.39, 0.29) is 11.7 Å². The van der Waals surface area contributed by atoms with Crippen LogP contribution in [-0.2, 0) is 6.42 Å². The summed E-state index contributed by atoms with van der Waals surface area (Å²) in [5.74, 6) is 0.853. The highest BCUT2D eigenvalue weighted by Gasteiger charge is 2.35. The van der Waals surface area contributed by atoms with E-state index in [9.17, 15) is 4.79 Å². The van der Waals surface area contributed by atoms with Gasteiger partial charge in [-0.15, -0.1) is 0 Å². The average molecular weight is 341 g/mol. The van der Waals surface area contributed by atoms with Crippen LogP contribution in [0.3, 0.4) is 0 Å². The quantitative estimate of drug-likeness (QED) is 0.788. The Bertz CT molecular complexity index is 781. The Kier molecular flexibility index (Phi) is 4.15. The maximum Gasteiger partial charge on any atom is 0.169 e. The molecule has 3 nitrogen and oxygen atoms in total. The van der Waals surface area contributed by atoms with Crippen LogP contribution in [0, 0.1) is 5.92 Å². The molecule has 0 N–H and O–H groups in total. The van der Waals surface area contributed by atoms with Gasteiger partial charge in [-0.3, -0.25) is 9.78 Å². The molecule has 0 spiro atoms. The number of likely N-dealkylation sites (tertiary alicyclic amines) is 1. The van der Waals surface area contributed by atoms with Crippen LogP contribution in [0.15, 0.2) is 36.5 Å². The van der Waals surface area contributed by atoms with E-state index in [1.807, 2.05) is 30.5 Å². The van der Waals surface area contributed by atoms with Gasteiger partial charge < -0.3 is 4.90 Å². The van der Waals surface area contributed by atoms with Gasteiger partial charge in [0.2, 0.25) is 0 Å². The van der Waals surface area contributed by atoms with E-state index in [1.165, 1.54) is 5.56 Å². The standard InChI is InChI=1S/C20H21ClN2O/c1-23-9-6-13(7-10-23)19-16-5-4-15(21)11-14(16)12-18(24)17-3-2-8-22-20(17)19/h2-5,8,11,13,19H,6-7,9-10,12H2,1H3. The zero-order valence-electron chi connectivity index (χ0n) is 13.8. The predicted octanol–water partition coefficient (Wildman–Crippen LogP) is 3.95. The highest BCUT2D eigenvalue weighted by molar-refractivity contribution is 6.30. The fourth-order valence-corrected chi connectivity index (χ4v) is 4.38. The van der Waals surface area contributed by atoms with Crippen molar-refractivity contribution in [2.75, 3.05) is 20.1 Å². The van der Waals surface area contributed by atoms with Crippen LogP contribution in [0.25, 0.3) is 0 Å². The SMILES string of the molecule is CN1CCC(C2c3ccc(Cl)cc3CC(=O)c3cccnc32)CC1. The highest BCUT2D eigenvalue weighted by Crippen LogP contribution is 2.42. The van der Waals surface area contributed by atoms with Gasteiger partial charge in [0.25, 0.3) is 0 Å². The van der Waals surface area contributed by atoms with E-state index in [1.54, 1.807) is 0 Å². The topological polar surface area (TPSA) is 33.2 Å². The van der Waals surface area contributed by atoms with Crippen molar-refractivity contribution in [1.29, 1.82) is 0 Å². The van der Waals surface area contributed by atoms with Crippen LogP contribution in [0.5, 0.6) is 0 Å². The number of benzene rings is 1. The molecule has 2 heterocycles. The molecule has 24 heavy (non-hydrogen) atoms. The monoisotopic (exact) mass is 340 g/mol. The molecule has 0 saturated carbocycles. The van der Waals surface area contributed by atoms with Crippen LogP contribution < -0.4 is 0 Å². The summed E-state index contributed by atoms with van der Waals surface area (Å²) in [5, 5.41) is 0.697. The third-order valence-electron chi connectivity index (χ3n) is 5.46. The normalized spacial score (nSPS) is 21.9. The van der Waals surface area contributed by atoms with Gasteiger partial charge in [-0.25, -0.2) is 0 Å². The smallest absolute Gasteiger partial charge is 0.169 e. The number of carbonyl (C=O) groups excluding carboxylic acids is 1. The van der Waals surface area contributed by atoms with Crippen molar-refractivity contribution in [2.24, 2.45) is 5.92 Å². The van der Waals surface area contributed by atoms with Crippen molar-refractivity contribution in [1.82, 2.24) is 9.88 Å². The van der Waals surface area contributed by atoms with Crippen molar-refractivity contribution in [3.05, 3.63) is 63.9 Å². The lowest BCUT2D eigenvalue weighted by Crippen LogP contribution is -2.33. The van der Waals surface area contributed by atoms with Gasteiger partial charge in [0.05, 0.1) is 5.69 Å². The Morgan fingerprint density at radius 3 is 2.79 bits per heavy atom. The van der Waals surface area contributed by atoms with E-state index >= 15 is 0 Å². The maximum atomic E-state index is 12.8. The second-order valence-corrected chi connectivity index (χ2v) is 7.43. The number of piperidine rings is 1. The van der Waals surface area contributed by atoms with Crippen LogP contribution in [0.1, 0.15) is 45.9 Å². The number of ketones is 1. The van der Waals surface area contributed by atoms with E-state index in [0.29, 0.717) is 17.4 Å². The van der Waals surface area contributed by atoms with Gasteiger partial charge in [0.1, 0.15) is 0 Å². The number of hydrogen-bond acceptors (Lipinski definition) is 3. The van der Waals surface area contributed by atoms with E-state index in [2.05, 4.69) is 23.0 Å². The number of fused-ring (bicyclic) bond motifs is 2. The lowest BCUT2D eigenvalue weighted by Gasteiger charge is -2.35. The van der Waals surface area contributed by atoms with E-state index < -0.39 is 0 Å². The van der Waals surface area contributed by atoms with Crippen molar-refractivity contribution in [3.63, 3.8) is 0 Å². The first-order chi connectivity index (χ1) is 11.6. The molecule has 1 fully saturated rings. The second-order valence-electron chi connectivity index (χ2n) is 7.00. The van der Waals surface area contributed by atoms with Gasteiger partial charge in [-0.2, -0.15) is 0 Å². The Morgan fingerprint density at radius 1 is 1.21 bits per heavy atom. The summed E-state index contributed by atoms with van der Waals surface area (Å²) in [4.78, 5) is 19.8. The first-order valence-corrected chi connectivity index (χ1v) is 8.96. The summed E-state index contributed by atoms with van der Waals surface area (Å²) in [6, 6.07) is 9.81. The molecule has 124 valence electrons. The van der Waals surface area contributed by atoms with Gasteiger partial charge in [0.15, 0.2) is 5.78 Å². The summed E-state index contributed by atoms with van der Waals surface area (Å²) in [7, 11) is 2.17. The number of pyridine rings is 1. The molecule has 1 atom stereocenters. The first-order valence-electron chi connectivity index (χ1n) is 8.58. The molecule has 1 aromatic carbocycles. The predicted molar refractivity (Wildman–Crippen MR) is 95.8 cm³/mol. The van der Waals surface area contributed by atoms with Gasteiger partial charge in [-0.1, -0.05) is 17.7 Å². The van der Waals surface area contributed by atoms with Crippen LogP contribution in [0.4, 0.5) is 0 Å². The molecule has 2 aliphatic rings. The van der Waals surface area contributed by atoms with Crippen LogP contribution >= 0.6 is 11.6 Å². The fourth-order valence-electron chi connectivity index (χ4n) is 4.19. The molecular formula is C20H21ClN2O. The zero-order chi connectivity index (χ0) is 16.7. The third-order valence-corrected chi connectivity index (χ3v) is 5.69. The van der Waals surface area contributed by atoms with Crippen molar-refractivity contribution < 1.29 is 4.79 Å². The molecular weight excluding hydrogens is 320 g/mol. The molecule has 0 radical (unpaired) electrons. The van der Waals surface area contributed by atoms with Gasteiger partial charge >= 0.3 is 0 Å². The zero-order valence-corrected chi connectivity index (χ0v) is 14.6. The summed E-state index contributed by atoms with van der Waals surface area (Å²) >= 11 is 6.21. The Hall–Kier alpha value is -1.71. The molecule has 0 bridgehead atoms. The summed E-state index contributed by atoms with van der Waals surface area (Å²) in [6.45, 7) is 2.19. The van der Waals surface area contributed by atoms with Crippen molar-refractivity contribution in [3.8, 4) is 0 Å². The van der Waals surface area contributed by atoms with E-state index in [0.717, 1.165) is 42.8 Å². The number of aromatic nitrogens is 1. The van der Waals surface area contributed by atoms with Crippen molar-refractivity contribution in [2.45, 2.75) is 25.2 Å². The van der Waals surface area contributed by atoms with E-state index in [4.69, 9.17) is 11.6 Å². The second kappa shape index (κ2) is 6.30. The Balaban J connectivity index is 1.87. The number of rotatable bonds is 1. The lowest BCUT2D eigenvalue weighted by atomic mass is 9.76. The van der Waals surface area contributed by atoms with Crippen LogP contribution in [-0.4, -0.2) is 35.8 Å². The summed E-state index contributed by atoms with van der Waals surface area (Å²) in [6.07, 6.45) is 4.49. The summed E-state index contributed by atoms with van der Waals surface area (Å²) < 4.78 is 0. The molecule has 1 aliphatic heterocycles. The minimum absolute atomic E-state index is 0.150. The number of Topliss-reactive ketones (excluding diaryl/α,β-unsaturated/α-hetero) is 1. The molecule has 0 amide bonds.